The maximum atomic E-state index is 5.38. The largest absolute Gasteiger partial charge is 0.330 e. The Morgan fingerprint density at radius 2 is 1.91 bits per heavy atom. The average molecular weight is 173 g/mol. The summed E-state index contributed by atoms with van der Waals surface area (Å²) in [6.07, 6.45) is 1.14. The van der Waals surface area contributed by atoms with Crippen molar-refractivity contribution in [1.82, 2.24) is 0 Å². The summed E-state index contributed by atoms with van der Waals surface area (Å²) in [5.74, 6) is 2.36. The van der Waals surface area contributed by atoms with E-state index in [1.54, 1.807) is 0 Å². The molecule has 0 amide bonds. The average Bonchev–Trinajstić information content (AvgIpc) is 1.97. The van der Waals surface area contributed by atoms with Crippen LogP contribution in [0.1, 0.15) is 27.2 Å². The minimum atomic E-state index is 0.820. The van der Waals surface area contributed by atoms with Gasteiger partial charge in [-0.1, -0.05) is 11.1 Å². The third kappa shape index (κ3) is 6.45. The van der Waals surface area contributed by atoms with Crippen molar-refractivity contribution < 1.29 is 0 Å². The minimum absolute atomic E-state index is 0.820. The van der Waals surface area contributed by atoms with E-state index in [1.165, 1.54) is 22.7 Å². The van der Waals surface area contributed by atoms with Crippen LogP contribution in [0.2, 0.25) is 0 Å². The lowest BCUT2D eigenvalue weighted by atomic mass is 10.2. The lowest BCUT2D eigenvalue weighted by Crippen LogP contribution is -2.00. The lowest BCUT2D eigenvalue weighted by Gasteiger charge is -2.02. The zero-order chi connectivity index (χ0) is 8.69. The van der Waals surface area contributed by atoms with E-state index in [2.05, 4.69) is 20.8 Å². The van der Waals surface area contributed by atoms with Crippen LogP contribution in [0.5, 0.6) is 0 Å². The summed E-state index contributed by atoms with van der Waals surface area (Å²) in [6.45, 7) is 7.35. The van der Waals surface area contributed by atoms with Crippen LogP contribution >= 0.6 is 11.8 Å². The van der Waals surface area contributed by atoms with Crippen LogP contribution < -0.4 is 5.73 Å². The molecular weight excluding hydrogens is 154 g/mol. The van der Waals surface area contributed by atoms with Crippen LogP contribution in [-0.4, -0.2) is 18.1 Å². The van der Waals surface area contributed by atoms with Crippen molar-refractivity contribution in [2.45, 2.75) is 27.2 Å². The SMILES string of the molecule is CC(C)=C(C)CSCCCN. The summed E-state index contributed by atoms with van der Waals surface area (Å²) in [4.78, 5) is 0. The fourth-order valence-corrected chi connectivity index (χ4v) is 1.66. The summed E-state index contributed by atoms with van der Waals surface area (Å²) in [7, 11) is 0. The zero-order valence-electron chi connectivity index (χ0n) is 7.81. The van der Waals surface area contributed by atoms with Gasteiger partial charge in [-0.05, 0) is 39.5 Å². The third-order valence-corrected chi connectivity index (χ3v) is 2.88. The van der Waals surface area contributed by atoms with Crippen LogP contribution in [0.3, 0.4) is 0 Å². The first-order valence-corrected chi connectivity index (χ1v) is 5.24. The molecule has 2 N–H and O–H groups in total. The van der Waals surface area contributed by atoms with Gasteiger partial charge in [0.1, 0.15) is 0 Å². The monoisotopic (exact) mass is 173 g/mol. The molecule has 0 aromatic rings. The second-order valence-electron chi connectivity index (χ2n) is 2.98. The zero-order valence-corrected chi connectivity index (χ0v) is 8.63. The molecule has 0 aliphatic carbocycles. The smallest absolute Gasteiger partial charge is 0.0143 e. The molecule has 0 fully saturated rings. The first-order chi connectivity index (χ1) is 5.18. The fraction of sp³-hybridized carbons (Fsp3) is 0.778. The highest BCUT2D eigenvalue weighted by Gasteiger charge is 1.92. The number of hydrogen-bond acceptors (Lipinski definition) is 2. The maximum Gasteiger partial charge on any atom is 0.0143 e. The molecule has 0 unspecified atom stereocenters. The van der Waals surface area contributed by atoms with Gasteiger partial charge in [-0.3, -0.25) is 0 Å². The van der Waals surface area contributed by atoms with E-state index in [4.69, 9.17) is 5.73 Å². The lowest BCUT2D eigenvalue weighted by molar-refractivity contribution is 0.943. The number of hydrogen-bond donors (Lipinski definition) is 1. The Morgan fingerprint density at radius 1 is 1.27 bits per heavy atom. The minimum Gasteiger partial charge on any atom is -0.330 e. The quantitative estimate of drug-likeness (QED) is 0.510. The Balaban J connectivity index is 3.32. The van der Waals surface area contributed by atoms with Gasteiger partial charge in [-0.15, -0.1) is 0 Å². The van der Waals surface area contributed by atoms with E-state index < -0.39 is 0 Å². The van der Waals surface area contributed by atoms with Gasteiger partial charge in [0.15, 0.2) is 0 Å². The van der Waals surface area contributed by atoms with Crippen molar-refractivity contribution >= 4 is 11.8 Å². The van der Waals surface area contributed by atoms with Crippen LogP contribution in [0.4, 0.5) is 0 Å². The Bertz CT molecular complexity index is 126. The van der Waals surface area contributed by atoms with Crippen molar-refractivity contribution in [3.05, 3.63) is 11.1 Å². The van der Waals surface area contributed by atoms with E-state index in [0.29, 0.717) is 0 Å². The van der Waals surface area contributed by atoms with Gasteiger partial charge in [0, 0.05) is 5.75 Å². The molecule has 11 heavy (non-hydrogen) atoms. The molecule has 0 spiro atoms. The molecule has 0 aliphatic rings. The number of rotatable bonds is 5. The van der Waals surface area contributed by atoms with Gasteiger partial charge in [-0.2, -0.15) is 11.8 Å². The Labute approximate surface area is 74.4 Å². The van der Waals surface area contributed by atoms with Crippen LogP contribution in [0.15, 0.2) is 11.1 Å². The summed E-state index contributed by atoms with van der Waals surface area (Å²) in [6, 6.07) is 0. The summed E-state index contributed by atoms with van der Waals surface area (Å²) < 4.78 is 0. The van der Waals surface area contributed by atoms with Crippen LogP contribution in [0.25, 0.3) is 0 Å². The van der Waals surface area contributed by atoms with Crippen molar-refractivity contribution in [2.75, 3.05) is 18.1 Å². The predicted octanol–water partition coefficient (Wildman–Crippen LogP) is 2.42. The highest BCUT2D eigenvalue weighted by Crippen LogP contribution is 2.11. The van der Waals surface area contributed by atoms with E-state index in [9.17, 15) is 0 Å². The molecule has 0 aromatic heterocycles. The van der Waals surface area contributed by atoms with Gasteiger partial charge in [0.2, 0.25) is 0 Å². The highest BCUT2D eigenvalue weighted by atomic mass is 32.2. The normalized spacial score (nSPS) is 9.82. The second kappa shape index (κ2) is 6.74. The van der Waals surface area contributed by atoms with Crippen molar-refractivity contribution in [3.8, 4) is 0 Å². The molecule has 0 aliphatic heterocycles. The van der Waals surface area contributed by atoms with E-state index in [0.717, 1.165) is 13.0 Å². The molecule has 0 aromatic carbocycles. The number of allylic oxidation sites excluding steroid dienone is 1. The molecule has 0 saturated carbocycles. The maximum absolute atomic E-state index is 5.38. The molecular formula is C9H19NS. The molecule has 2 heteroatoms. The van der Waals surface area contributed by atoms with Crippen molar-refractivity contribution in [1.29, 1.82) is 0 Å². The molecule has 0 saturated heterocycles. The molecule has 0 rings (SSSR count). The summed E-state index contributed by atoms with van der Waals surface area (Å²) in [5.41, 5.74) is 8.34. The highest BCUT2D eigenvalue weighted by molar-refractivity contribution is 7.99. The van der Waals surface area contributed by atoms with E-state index in [-0.39, 0.29) is 0 Å². The molecule has 0 atom stereocenters. The third-order valence-electron chi connectivity index (χ3n) is 1.66. The van der Waals surface area contributed by atoms with Crippen LogP contribution in [0, 0.1) is 0 Å². The van der Waals surface area contributed by atoms with Gasteiger partial charge in [0.05, 0.1) is 0 Å². The number of nitrogens with two attached hydrogens (primary N) is 1. The Morgan fingerprint density at radius 3 is 2.36 bits per heavy atom. The van der Waals surface area contributed by atoms with Gasteiger partial charge < -0.3 is 5.73 Å². The van der Waals surface area contributed by atoms with E-state index in [1.807, 2.05) is 11.8 Å². The molecule has 0 heterocycles. The van der Waals surface area contributed by atoms with Crippen LogP contribution in [-0.2, 0) is 0 Å². The first kappa shape index (κ1) is 11.1. The topological polar surface area (TPSA) is 26.0 Å². The Hall–Kier alpha value is 0.0500. The fourth-order valence-electron chi connectivity index (χ4n) is 0.555. The predicted molar refractivity (Wildman–Crippen MR) is 55.0 cm³/mol. The molecule has 1 nitrogen and oxygen atoms in total. The summed E-state index contributed by atoms with van der Waals surface area (Å²) >= 11 is 1.98. The standard InChI is InChI=1S/C9H19NS/c1-8(2)9(3)7-11-6-4-5-10/h4-7,10H2,1-3H3. The molecule has 66 valence electrons. The van der Waals surface area contributed by atoms with Crippen molar-refractivity contribution in [3.63, 3.8) is 0 Å². The van der Waals surface area contributed by atoms with Gasteiger partial charge in [0.25, 0.3) is 0 Å². The number of thioether (sulfide) groups is 1. The summed E-state index contributed by atoms with van der Waals surface area (Å²) in [5, 5.41) is 0. The molecule has 0 radical (unpaired) electrons. The molecule has 0 bridgehead atoms. The Kier molecular flexibility index (Phi) is 6.77. The van der Waals surface area contributed by atoms with Gasteiger partial charge >= 0.3 is 0 Å². The second-order valence-corrected chi connectivity index (χ2v) is 4.08. The van der Waals surface area contributed by atoms with Crippen molar-refractivity contribution in [2.24, 2.45) is 5.73 Å². The first-order valence-electron chi connectivity index (χ1n) is 4.09. The van der Waals surface area contributed by atoms with Gasteiger partial charge in [-0.25, -0.2) is 0 Å². The van der Waals surface area contributed by atoms with E-state index >= 15 is 0 Å².